The number of nitrogens with one attached hydrogen (secondary N) is 1. The van der Waals surface area contributed by atoms with Crippen molar-refractivity contribution in [3.63, 3.8) is 0 Å². The summed E-state index contributed by atoms with van der Waals surface area (Å²) in [5, 5.41) is 11.0. The molecule has 0 aromatic rings. The van der Waals surface area contributed by atoms with E-state index in [4.69, 9.17) is 9.84 Å². The Morgan fingerprint density at radius 3 is 2.69 bits per heavy atom. The summed E-state index contributed by atoms with van der Waals surface area (Å²) in [5.41, 5.74) is -0.726. The number of aliphatic carboxylic acids is 1. The van der Waals surface area contributed by atoms with Gasteiger partial charge >= 0.3 is 12.1 Å². The van der Waals surface area contributed by atoms with Crippen molar-refractivity contribution < 1.29 is 19.4 Å². The van der Waals surface area contributed by atoms with Crippen molar-refractivity contribution in [2.45, 2.75) is 24.8 Å². The summed E-state index contributed by atoms with van der Waals surface area (Å²) in [5.74, 6) is 3.38. The molecular weight excluding hydrogens is 210 g/mol. The number of carboxylic acid groups (broad SMARTS) is 1. The van der Waals surface area contributed by atoms with Crippen LogP contribution < -0.4 is 5.32 Å². The number of carbonyl (C=O) groups excluding carboxylic acids is 1. The van der Waals surface area contributed by atoms with E-state index in [0.29, 0.717) is 12.8 Å². The molecule has 0 atom stereocenters. The lowest BCUT2D eigenvalue weighted by Crippen LogP contribution is -2.52. The van der Waals surface area contributed by atoms with Crippen LogP contribution in [0.3, 0.4) is 0 Å². The summed E-state index contributed by atoms with van der Waals surface area (Å²) in [6.45, 7) is 3.53. The van der Waals surface area contributed by atoms with Crippen LogP contribution >= 0.6 is 0 Å². The molecule has 1 saturated carbocycles. The topological polar surface area (TPSA) is 75.6 Å². The Labute approximate surface area is 93.5 Å². The lowest BCUT2D eigenvalue weighted by Gasteiger charge is -2.37. The van der Waals surface area contributed by atoms with E-state index >= 15 is 0 Å². The maximum absolute atomic E-state index is 11.3. The van der Waals surface area contributed by atoms with Gasteiger partial charge in [-0.3, -0.25) is 0 Å². The predicted octanol–water partition coefficient (Wildman–Crippen LogP) is 0.909. The third-order valence-electron chi connectivity index (χ3n) is 2.29. The van der Waals surface area contributed by atoms with E-state index < -0.39 is 17.6 Å². The molecule has 0 bridgehead atoms. The van der Waals surface area contributed by atoms with E-state index in [1.54, 1.807) is 0 Å². The average molecular weight is 223 g/mol. The molecule has 0 saturated heterocycles. The van der Waals surface area contributed by atoms with Crippen molar-refractivity contribution >= 4 is 12.1 Å². The highest BCUT2D eigenvalue weighted by Gasteiger charge is 2.37. The molecular formula is C11H13NO4. The average Bonchev–Trinajstić information content (AvgIpc) is 2.18. The first kappa shape index (κ1) is 12.1. The van der Waals surface area contributed by atoms with E-state index in [9.17, 15) is 9.59 Å². The smallest absolute Gasteiger partial charge is 0.408 e. The first-order chi connectivity index (χ1) is 7.58. The highest BCUT2D eigenvalue weighted by atomic mass is 16.5. The normalized spacial score (nSPS) is 16.0. The van der Waals surface area contributed by atoms with E-state index in [-0.39, 0.29) is 6.61 Å². The minimum Gasteiger partial charge on any atom is -0.472 e. The molecule has 0 unspecified atom stereocenters. The fraction of sp³-hybridized carbons (Fsp3) is 0.455. The third-order valence-corrected chi connectivity index (χ3v) is 2.29. The molecule has 5 nitrogen and oxygen atoms in total. The number of hydrogen-bond acceptors (Lipinski definition) is 3. The van der Waals surface area contributed by atoms with E-state index in [1.165, 1.54) is 6.08 Å². The zero-order valence-corrected chi connectivity index (χ0v) is 8.78. The van der Waals surface area contributed by atoms with E-state index in [1.807, 2.05) is 5.92 Å². The fourth-order valence-corrected chi connectivity index (χ4v) is 1.35. The molecule has 16 heavy (non-hydrogen) atoms. The van der Waals surface area contributed by atoms with Crippen LogP contribution in [0.4, 0.5) is 4.79 Å². The molecule has 0 aromatic carbocycles. The van der Waals surface area contributed by atoms with Gasteiger partial charge in [0.05, 0.1) is 0 Å². The molecule has 0 heterocycles. The van der Waals surface area contributed by atoms with Gasteiger partial charge in [0.2, 0.25) is 0 Å². The van der Waals surface area contributed by atoms with Crippen LogP contribution in [0.25, 0.3) is 0 Å². The SMILES string of the molecule is C=CCOC(=O)NC1(C#CC(=O)O)CCC1. The molecule has 0 radical (unpaired) electrons. The Balaban J connectivity index is 2.54. The number of carboxylic acids is 1. The third kappa shape index (κ3) is 3.31. The number of ether oxygens (including phenoxy) is 1. The number of amides is 1. The lowest BCUT2D eigenvalue weighted by molar-refractivity contribution is -0.130. The Morgan fingerprint density at radius 2 is 2.25 bits per heavy atom. The molecule has 86 valence electrons. The van der Waals surface area contributed by atoms with Crippen molar-refractivity contribution in [2.75, 3.05) is 6.61 Å². The quantitative estimate of drug-likeness (QED) is 0.550. The van der Waals surface area contributed by atoms with Crippen LogP contribution in [0.5, 0.6) is 0 Å². The van der Waals surface area contributed by atoms with Crippen LogP contribution in [0.15, 0.2) is 12.7 Å². The largest absolute Gasteiger partial charge is 0.472 e. The first-order valence-electron chi connectivity index (χ1n) is 4.90. The summed E-state index contributed by atoms with van der Waals surface area (Å²) < 4.78 is 4.75. The molecule has 1 aliphatic rings. The first-order valence-corrected chi connectivity index (χ1v) is 4.90. The van der Waals surface area contributed by atoms with Gasteiger partial charge in [-0.25, -0.2) is 9.59 Å². The van der Waals surface area contributed by atoms with E-state index in [2.05, 4.69) is 17.8 Å². The molecule has 0 aromatic heterocycles. The van der Waals surface area contributed by atoms with Gasteiger partial charge in [0, 0.05) is 5.92 Å². The Kier molecular flexibility index (Phi) is 3.95. The highest BCUT2D eigenvalue weighted by Crippen LogP contribution is 2.31. The van der Waals surface area contributed by atoms with Gasteiger partial charge in [-0.2, -0.15) is 0 Å². The number of carbonyl (C=O) groups is 2. The maximum Gasteiger partial charge on any atom is 0.408 e. The van der Waals surface area contributed by atoms with Gasteiger partial charge in [-0.1, -0.05) is 18.6 Å². The standard InChI is InChI=1S/C11H13NO4/c1-2-8-16-10(15)12-11(5-3-6-11)7-4-9(13)14/h2H,1,3,5-6,8H2,(H,12,15)(H,13,14). The Bertz CT molecular complexity index is 360. The molecule has 1 aliphatic carbocycles. The number of hydrogen-bond donors (Lipinski definition) is 2. The van der Waals surface area contributed by atoms with Crippen molar-refractivity contribution in [1.82, 2.24) is 5.32 Å². The van der Waals surface area contributed by atoms with Gasteiger partial charge in [0.25, 0.3) is 0 Å². The van der Waals surface area contributed by atoms with Crippen LogP contribution in [0.2, 0.25) is 0 Å². The molecule has 2 N–H and O–H groups in total. The number of alkyl carbamates (subject to hydrolysis) is 1. The van der Waals surface area contributed by atoms with E-state index in [0.717, 1.165) is 6.42 Å². The molecule has 1 rings (SSSR count). The molecule has 0 aliphatic heterocycles. The van der Waals surface area contributed by atoms with Gasteiger partial charge in [-0.05, 0) is 19.3 Å². The van der Waals surface area contributed by atoms with Crippen molar-refractivity contribution in [3.05, 3.63) is 12.7 Å². The number of rotatable bonds is 3. The van der Waals surface area contributed by atoms with Crippen molar-refractivity contribution in [2.24, 2.45) is 0 Å². The van der Waals surface area contributed by atoms with Gasteiger partial charge in [0.15, 0.2) is 0 Å². The second-order valence-corrected chi connectivity index (χ2v) is 3.50. The van der Waals surface area contributed by atoms with Gasteiger partial charge in [-0.15, -0.1) is 0 Å². The second kappa shape index (κ2) is 5.21. The molecule has 1 fully saturated rings. The summed E-state index contributed by atoms with van der Waals surface area (Å²) in [7, 11) is 0. The van der Waals surface area contributed by atoms with Crippen LogP contribution in [0, 0.1) is 11.8 Å². The predicted molar refractivity (Wildman–Crippen MR) is 56.7 cm³/mol. The van der Waals surface area contributed by atoms with Crippen LogP contribution in [0.1, 0.15) is 19.3 Å². The zero-order valence-electron chi connectivity index (χ0n) is 8.78. The summed E-state index contributed by atoms with van der Waals surface area (Å²) in [6, 6.07) is 0. The lowest BCUT2D eigenvalue weighted by atomic mass is 9.77. The highest BCUT2D eigenvalue weighted by molar-refractivity contribution is 5.87. The van der Waals surface area contributed by atoms with Gasteiger partial charge in [0.1, 0.15) is 12.1 Å². The Hall–Kier alpha value is -1.96. The van der Waals surface area contributed by atoms with Crippen LogP contribution in [-0.4, -0.2) is 29.3 Å². The second-order valence-electron chi connectivity index (χ2n) is 3.50. The Morgan fingerprint density at radius 1 is 1.56 bits per heavy atom. The fourth-order valence-electron chi connectivity index (χ4n) is 1.35. The molecule has 5 heteroatoms. The van der Waals surface area contributed by atoms with Crippen molar-refractivity contribution in [1.29, 1.82) is 0 Å². The van der Waals surface area contributed by atoms with Crippen molar-refractivity contribution in [3.8, 4) is 11.8 Å². The summed E-state index contributed by atoms with van der Waals surface area (Å²) >= 11 is 0. The van der Waals surface area contributed by atoms with Gasteiger partial charge < -0.3 is 15.2 Å². The summed E-state index contributed by atoms with van der Waals surface area (Å²) in [4.78, 5) is 21.6. The summed E-state index contributed by atoms with van der Waals surface area (Å²) in [6.07, 6.45) is 3.07. The minimum absolute atomic E-state index is 0.119. The van der Waals surface area contributed by atoms with Crippen LogP contribution in [-0.2, 0) is 9.53 Å². The molecule has 0 spiro atoms. The maximum atomic E-state index is 11.3. The monoisotopic (exact) mass is 223 g/mol. The minimum atomic E-state index is -1.20. The molecule has 1 amide bonds. The zero-order chi connectivity index (χ0) is 12.0.